The first-order valence-electron chi connectivity index (χ1n) is 5.33. The van der Waals surface area contributed by atoms with E-state index in [9.17, 15) is 4.79 Å². The van der Waals surface area contributed by atoms with Crippen LogP contribution in [-0.4, -0.2) is 19.0 Å². The maximum absolute atomic E-state index is 11.3. The van der Waals surface area contributed by atoms with E-state index in [0.717, 1.165) is 12.8 Å². The van der Waals surface area contributed by atoms with Crippen LogP contribution in [0.1, 0.15) is 18.4 Å². The number of carbonyl (C=O) groups is 1. The molecule has 0 atom stereocenters. The lowest BCUT2D eigenvalue weighted by atomic mass is 10.1. The zero-order chi connectivity index (χ0) is 10.9. The summed E-state index contributed by atoms with van der Waals surface area (Å²) in [7, 11) is 0. The lowest BCUT2D eigenvalue weighted by molar-refractivity contribution is -0.121. The lowest BCUT2D eigenvalue weighted by Gasteiger charge is -2.03. The Balaban J connectivity index is 2.17. The van der Waals surface area contributed by atoms with Crippen LogP contribution in [0.5, 0.6) is 0 Å². The summed E-state index contributed by atoms with van der Waals surface area (Å²) < 4.78 is 0. The van der Waals surface area contributed by atoms with Gasteiger partial charge >= 0.3 is 0 Å². The molecule has 1 rings (SSSR count). The van der Waals surface area contributed by atoms with Crippen molar-refractivity contribution in [1.82, 2.24) is 5.32 Å². The van der Waals surface area contributed by atoms with Crippen molar-refractivity contribution in [1.29, 1.82) is 0 Å². The Morgan fingerprint density at radius 2 is 2.00 bits per heavy atom. The summed E-state index contributed by atoms with van der Waals surface area (Å²) in [6.07, 6.45) is 2.20. The number of carbonyl (C=O) groups excluding carboxylic acids is 1. The third-order valence-corrected chi connectivity index (χ3v) is 2.19. The van der Waals surface area contributed by atoms with Crippen molar-refractivity contribution >= 4 is 5.91 Å². The predicted octanol–water partition coefficient (Wildman–Crippen LogP) is 1.08. The van der Waals surface area contributed by atoms with Crippen LogP contribution in [0.4, 0.5) is 0 Å². The zero-order valence-corrected chi connectivity index (χ0v) is 8.91. The van der Waals surface area contributed by atoms with E-state index in [0.29, 0.717) is 19.5 Å². The molecule has 0 heterocycles. The second-order valence-corrected chi connectivity index (χ2v) is 3.48. The molecular formula is C12H18N2O. The van der Waals surface area contributed by atoms with Crippen LogP contribution in [-0.2, 0) is 11.2 Å². The quantitative estimate of drug-likeness (QED) is 0.684. The van der Waals surface area contributed by atoms with E-state index in [1.165, 1.54) is 5.56 Å². The molecule has 1 amide bonds. The van der Waals surface area contributed by atoms with Crippen LogP contribution in [0, 0.1) is 0 Å². The molecule has 3 N–H and O–H groups in total. The summed E-state index contributed by atoms with van der Waals surface area (Å²) in [5.41, 5.74) is 6.53. The molecule has 1 aromatic rings. The summed E-state index contributed by atoms with van der Waals surface area (Å²) in [4.78, 5) is 11.3. The van der Waals surface area contributed by atoms with Crippen LogP contribution in [0.2, 0.25) is 0 Å². The minimum absolute atomic E-state index is 0.104. The smallest absolute Gasteiger partial charge is 0.220 e. The maximum atomic E-state index is 11.3. The van der Waals surface area contributed by atoms with Gasteiger partial charge in [0.2, 0.25) is 5.91 Å². The van der Waals surface area contributed by atoms with Crippen molar-refractivity contribution in [3.8, 4) is 0 Å². The molecule has 0 unspecified atom stereocenters. The molecule has 0 saturated heterocycles. The van der Waals surface area contributed by atoms with Gasteiger partial charge in [0, 0.05) is 13.0 Å². The van der Waals surface area contributed by atoms with Crippen molar-refractivity contribution in [2.75, 3.05) is 13.1 Å². The Morgan fingerprint density at radius 3 is 2.67 bits per heavy atom. The number of rotatable bonds is 6. The predicted molar refractivity (Wildman–Crippen MR) is 61.4 cm³/mol. The van der Waals surface area contributed by atoms with Crippen LogP contribution in [0.3, 0.4) is 0 Å². The largest absolute Gasteiger partial charge is 0.356 e. The van der Waals surface area contributed by atoms with Gasteiger partial charge in [0.05, 0.1) is 0 Å². The van der Waals surface area contributed by atoms with E-state index in [2.05, 4.69) is 5.32 Å². The van der Waals surface area contributed by atoms with Crippen molar-refractivity contribution < 1.29 is 4.79 Å². The summed E-state index contributed by atoms with van der Waals surface area (Å²) in [5.74, 6) is 0.104. The first kappa shape index (κ1) is 11.7. The van der Waals surface area contributed by atoms with Gasteiger partial charge in [0.1, 0.15) is 0 Å². The number of amides is 1. The van der Waals surface area contributed by atoms with E-state index in [1.54, 1.807) is 0 Å². The molecule has 0 aliphatic carbocycles. The molecule has 0 fully saturated rings. The first-order valence-corrected chi connectivity index (χ1v) is 5.33. The van der Waals surface area contributed by atoms with Gasteiger partial charge in [0.15, 0.2) is 0 Å². The Kier molecular flexibility index (Phi) is 5.48. The van der Waals surface area contributed by atoms with E-state index in [4.69, 9.17) is 5.73 Å². The molecule has 0 saturated carbocycles. The van der Waals surface area contributed by atoms with Gasteiger partial charge < -0.3 is 11.1 Å². The summed E-state index contributed by atoms with van der Waals surface area (Å²) in [6, 6.07) is 10.0. The normalized spacial score (nSPS) is 9.93. The number of nitrogens with one attached hydrogen (secondary N) is 1. The highest BCUT2D eigenvalue weighted by atomic mass is 16.1. The Hall–Kier alpha value is -1.35. The zero-order valence-electron chi connectivity index (χ0n) is 8.91. The van der Waals surface area contributed by atoms with Crippen LogP contribution < -0.4 is 11.1 Å². The number of benzene rings is 1. The molecule has 3 heteroatoms. The highest BCUT2D eigenvalue weighted by Crippen LogP contribution is 2.01. The minimum Gasteiger partial charge on any atom is -0.356 e. The molecule has 3 nitrogen and oxygen atoms in total. The van der Waals surface area contributed by atoms with Crippen molar-refractivity contribution in [3.05, 3.63) is 35.9 Å². The fraction of sp³-hybridized carbons (Fsp3) is 0.417. The van der Waals surface area contributed by atoms with Gasteiger partial charge in [-0.25, -0.2) is 0 Å². The standard InChI is InChI=1S/C12H18N2O/c13-9-4-10-14-12(15)8-7-11-5-2-1-3-6-11/h1-3,5-6H,4,7-10,13H2,(H,14,15). The van der Waals surface area contributed by atoms with Crippen LogP contribution >= 0.6 is 0 Å². The van der Waals surface area contributed by atoms with Crippen LogP contribution in [0.15, 0.2) is 30.3 Å². The molecule has 0 bridgehead atoms. The van der Waals surface area contributed by atoms with Crippen LogP contribution in [0.25, 0.3) is 0 Å². The second kappa shape index (κ2) is 7.01. The second-order valence-electron chi connectivity index (χ2n) is 3.48. The number of nitrogens with two attached hydrogens (primary N) is 1. The van der Waals surface area contributed by atoms with E-state index in [-0.39, 0.29) is 5.91 Å². The molecule has 0 aliphatic heterocycles. The topological polar surface area (TPSA) is 55.1 Å². The van der Waals surface area contributed by atoms with Gasteiger partial charge in [-0.05, 0) is 24.9 Å². The first-order chi connectivity index (χ1) is 7.33. The summed E-state index contributed by atoms with van der Waals surface area (Å²) >= 11 is 0. The fourth-order valence-corrected chi connectivity index (χ4v) is 1.32. The summed E-state index contributed by atoms with van der Waals surface area (Å²) in [6.45, 7) is 1.31. The van der Waals surface area contributed by atoms with Crippen molar-refractivity contribution in [2.45, 2.75) is 19.3 Å². The third kappa shape index (κ3) is 5.18. The van der Waals surface area contributed by atoms with E-state index < -0.39 is 0 Å². The van der Waals surface area contributed by atoms with Crippen molar-refractivity contribution in [2.24, 2.45) is 5.73 Å². The fourth-order valence-electron chi connectivity index (χ4n) is 1.32. The maximum Gasteiger partial charge on any atom is 0.220 e. The molecule has 82 valence electrons. The third-order valence-electron chi connectivity index (χ3n) is 2.19. The SMILES string of the molecule is NCCCNC(=O)CCc1ccccc1. The molecule has 0 spiro atoms. The lowest BCUT2D eigenvalue weighted by Crippen LogP contribution is -2.26. The van der Waals surface area contributed by atoms with E-state index >= 15 is 0 Å². The minimum atomic E-state index is 0.104. The Bertz CT molecular complexity index is 285. The average Bonchev–Trinajstić information content (AvgIpc) is 2.28. The number of hydrogen-bond donors (Lipinski definition) is 2. The molecule has 0 aliphatic rings. The monoisotopic (exact) mass is 206 g/mol. The number of aryl methyl sites for hydroxylation is 1. The molecule has 1 aromatic carbocycles. The van der Waals surface area contributed by atoms with Gasteiger partial charge in [-0.3, -0.25) is 4.79 Å². The highest BCUT2D eigenvalue weighted by molar-refractivity contribution is 5.76. The highest BCUT2D eigenvalue weighted by Gasteiger charge is 2.00. The number of hydrogen-bond acceptors (Lipinski definition) is 2. The van der Waals surface area contributed by atoms with Gasteiger partial charge in [-0.15, -0.1) is 0 Å². The Labute approximate surface area is 90.7 Å². The van der Waals surface area contributed by atoms with Gasteiger partial charge in [-0.2, -0.15) is 0 Å². The van der Waals surface area contributed by atoms with E-state index in [1.807, 2.05) is 30.3 Å². The molecule has 15 heavy (non-hydrogen) atoms. The molecule has 0 aromatic heterocycles. The summed E-state index contributed by atoms with van der Waals surface area (Å²) in [5, 5.41) is 2.83. The van der Waals surface area contributed by atoms with Gasteiger partial charge in [-0.1, -0.05) is 30.3 Å². The average molecular weight is 206 g/mol. The Morgan fingerprint density at radius 1 is 1.27 bits per heavy atom. The molecular weight excluding hydrogens is 188 g/mol. The van der Waals surface area contributed by atoms with Gasteiger partial charge in [0.25, 0.3) is 0 Å². The van der Waals surface area contributed by atoms with Crippen molar-refractivity contribution in [3.63, 3.8) is 0 Å². The molecule has 0 radical (unpaired) electrons.